The van der Waals surface area contributed by atoms with E-state index in [1.165, 1.54) is 0 Å². The quantitative estimate of drug-likeness (QED) is 0.195. The van der Waals surface area contributed by atoms with Crippen molar-refractivity contribution in [3.05, 3.63) is 89.1 Å². The van der Waals surface area contributed by atoms with Gasteiger partial charge in [0.25, 0.3) is 0 Å². The van der Waals surface area contributed by atoms with Crippen molar-refractivity contribution in [3.63, 3.8) is 0 Å². The van der Waals surface area contributed by atoms with E-state index in [1.807, 2.05) is 66.4 Å². The molecule has 1 fully saturated rings. The van der Waals surface area contributed by atoms with Gasteiger partial charge < -0.3 is 20.3 Å². The smallest absolute Gasteiger partial charge is 0.245 e. The third-order valence-electron chi connectivity index (χ3n) is 5.69. The second-order valence-corrected chi connectivity index (χ2v) is 9.09. The number of hydrogen-bond donors (Lipinski definition) is 3. The summed E-state index contributed by atoms with van der Waals surface area (Å²) in [6.07, 6.45) is 4.39. The van der Waals surface area contributed by atoms with Crippen LogP contribution in [0, 0.1) is 12.7 Å². The van der Waals surface area contributed by atoms with Crippen molar-refractivity contribution in [2.75, 3.05) is 47.3 Å². The Morgan fingerprint density at radius 3 is 2.32 bits per heavy atom. The molecule has 0 saturated carbocycles. The van der Waals surface area contributed by atoms with Gasteiger partial charge in [0.1, 0.15) is 0 Å². The highest BCUT2D eigenvalue weighted by atomic mass is 35.5. The monoisotopic (exact) mass is 532 g/mol. The summed E-state index contributed by atoms with van der Waals surface area (Å²) >= 11 is 6.15. The minimum Gasteiger partial charge on any atom is -0.378 e. The lowest BCUT2D eigenvalue weighted by molar-refractivity contribution is 0.122. The summed E-state index contributed by atoms with van der Waals surface area (Å²) < 4.78 is 19.5. The molecule has 0 radical (unpaired) electrons. The number of rotatable bonds is 8. The zero-order valence-electron chi connectivity index (χ0n) is 20.7. The molecule has 2 aromatic carbocycles. The minimum atomic E-state index is -0.478. The van der Waals surface area contributed by atoms with Crippen LogP contribution < -0.4 is 21.0 Å². The fourth-order valence-corrected chi connectivity index (χ4v) is 4.19. The summed E-state index contributed by atoms with van der Waals surface area (Å²) in [6, 6.07) is 17.5. The van der Waals surface area contributed by atoms with Crippen LogP contribution in [-0.4, -0.2) is 47.5 Å². The molecule has 0 amide bonds. The number of halogens is 2. The molecule has 11 heteroatoms. The summed E-state index contributed by atoms with van der Waals surface area (Å²) in [5.74, 6) is -0.0444. The van der Waals surface area contributed by atoms with Crippen LogP contribution >= 0.6 is 11.6 Å². The molecule has 9 nitrogen and oxygen atoms in total. The number of hydrogen-bond acceptors (Lipinski definition) is 9. The van der Waals surface area contributed by atoms with E-state index in [4.69, 9.17) is 16.3 Å². The van der Waals surface area contributed by atoms with E-state index in [0.717, 1.165) is 34.5 Å². The number of aromatic nitrogens is 3. The van der Waals surface area contributed by atoms with Crippen LogP contribution in [0.15, 0.2) is 72.1 Å². The summed E-state index contributed by atoms with van der Waals surface area (Å²) in [5.41, 5.74) is 8.12. The topological polar surface area (TPSA) is 99.6 Å². The van der Waals surface area contributed by atoms with Gasteiger partial charge in [0.05, 0.1) is 43.2 Å². The van der Waals surface area contributed by atoms with E-state index in [-0.39, 0.29) is 11.8 Å². The Balaban J connectivity index is 1.15. The fraction of sp³-hybridized carbons (Fsp3) is 0.185. The molecule has 3 N–H and O–H groups in total. The summed E-state index contributed by atoms with van der Waals surface area (Å²) in [4.78, 5) is 14.4. The zero-order valence-corrected chi connectivity index (χ0v) is 21.4. The molecule has 0 atom stereocenters. The lowest BCUT2D eigenvalue weighted by Crippen LogP contribution is -2.37. The Morgan fingerprint density at radius 2 is 1.63 bits per heavy atom. The third-order valence-corrected chi connectivity index (χ3v) is 5.91. The molecule has 3 heterocycles. The Hall–Kier alpha value is -4.28. The van der Waals surface area contributed by atoms with Crippen molar-refractivity contribution < 1.29 is 9.13 Å². The van der Waals surface area contributed by atoms with Gasteiger partial charge in [-0.3, -0.25) is 4.98 Å². The van der Waals surface area contributed by atoms with Gasteiger partial charge >= 0.3 is 0 Å². The summed E-state index contributed by atoms with van der Waals surface area (Å²) in [7, 11) is 0. The Bertz CT molecular complexity index is 1390. The molecule has 38 heavy (non-hydrogen) atoms. The first-order valence-electron chi connectivity index (χ1n) is 12.0. The molecule has 5 rings (SSSR count). The van der Waals surface area contributed by atoms with Gasteiger partial charge in [-0.15, -0.1) is 0 Å². The van der Waals surface area contributed by atoms with E-state index in [2.05, 4.69) is 36.1 Å². The number of hydrazone groups is 1. The Kier molecular flexibility index (Phi) is 7.91. The first kappa shape index (κ1) is 25.4. The van der Waals surface area contributed by atoms with Crippen molar-refractivity contribution >= 4 is 52.3 Å². The normalized spacial score (nSPS) is 13.5. The van der Waals surface area contributed by atoms with Crippen LogP contribution in [0.4, 0.5) is 38.9 Å². The molecule has 4 aromatic rings. The number of anilines is 6. The first-order valence-corrected chi connectivity index (χ1v) is 12.4. The van der Waals surface area contributed by atoms with E-state index in [1.54, 1.807) is 12.4 Å². The van der Waals surface area contributed by atoms with Crippen molar-refractivity contribution in [2.24, 2.45) is 5.10 Å². The molecule has 1 saturated heterocycles. The highest BCUT2D eigenvalue weighted by Gasteiger charge is 2.17. The van der Waals surface area contributed by atoms with E-state index in [9.17, 15) is 4.39 Å². The van der Waals surface area contributed by atoms with Crippen LogP contribution in [0.2, 0.25) is 5.02 Å². The van der Waals surface area contributed by atoms with Crippen LogP contribution in [0.1, 0.15) is 11.3 Å². The van der Waals surface area contributed by atoms with Crippen LogP contribution in [0.3, 0.4) is 0 Å². The third kappa shape index (κ3) is 6.72. The van der Waals surface area contributed by atoms with Crippen molar-refractivity contribution in [2.45, 2.75) is 6.92 Å². The standard InChI is InChI=1S/C27H26ClFN8O/c1-18-12-19(28)14-24(13-18)34-21-4-2-20(3-5-21)33-23-7-6-22(30-15-23)16-32-36-27-31-17-25(29)26(35-27)37-8-10-38-11-9-37/h2-7,12-17,33-34H,8-11H2,1H3,(H,31,35,36)/b32-16+. The maximum atomic E-state index is 14.2. The summed E-state index contributed by atoms with van der Waals surface area (Å²) in [6.45, 7) is 4.23. The van der Waals surface area contributed by atoms with Gasteiger partial charge in [-0.1, -0.05) is 11.6 Å². The van der Waals surface area contributed by atoms with Gasteiger partial charge in [-0.2, -0.15) is 10.1 Å². The first-order chi connectivity index (χ1) is 18.5. The molecule has 1 aliphatic rings. The van der Waals surface area contributed by atoms with Gasteiger partial charge in [0, 0.05) is 35.2 Å². The molecular formula is C27H26ClFN8O. The predicted molar refractivity (Wildman–Crippen MR) is 150 cm³/mol. The zero-order chi connectivity index (χ0) is 26.3. The molecule has 0 spiro atoms. The molecule has 0 bridgehead atoms. The van der Waals surface area contributed by atoms with Crippen LogP contribution in [0.25, 0.3) is 0 Å². The van der Waals surface area contributed by atoms with Gasteiger partial charge in [-0.25, -0.2) is 14.8 Å². The van der Waals surface area contributed by atoms with Crippen molar-refractivity contribution in [1.29, 1.82) is 0 Å². The van der Waals surface area contributed by atoms with Crippen LogP contribution in [-0.2, 0) is 4.74 Å². The fourth-order valence-electron chi connectivity index (χ4n) is 3.90. The van der Waals surface area contributed by atoms with Gasteiger partial charge in [0.2, 0.25) is 5.95 Å². The molecule has 194 valence electrons. The van der Waals surface area contributed by atoms with Crippen molar-refractivity contribution in [3.8, 4) is 0 Å². The molecular weight excluding hydrogens is 507 g/mol. The Morgan fingerprint density at radius 1 is 0.921 bits per heavy atom. The number of nitrogens with zero attached hydrogens (tertiary/aromatic N) is 5. The molecule has 1 aliphatic heterocycles. The van der Waals surface area contributed by atoms with Gasteiger partial charge in [0.15, 0.2) is 11.6 Å². The van der Waals surface area contributed by atoms with E-state index in [0.29, 0.717) is 37.0 Å². The maximum absolute atomic E-state index is 14.2. The number of benzene rings is 2. The van der Waals surface area contributed by atoms with E-state index < -0.39 is 5.82 Å². The average molecular weight is 533 g/mol. The maximum Gasteiger partial charge on any atom is 0.245 e. The minimum absolute atomic E-state index is 0.200. The highest BCUT2D eigenvalue weighted by Crippen LogP contribution is 2.24. The number of nitrogens with one attached hydrogen (secondary N) is 3. The Labute approximate surface area is 224 Å². The lowest BCUT2D eigenvalue weighted by Gasteiger charge is -2.27. The van der Waals surface area contributed by atoms with E-state index >= 15 is 0 Å². The molecule has 2 aromatic heterocycles. The largest absolute Gasteiger partial charge is 0.378 e. The number of morpholine rings is 1. The predicted octanol–water partition coefficient (Wildman–Crippen LogP) is 5.74. The molecule has 0 aliphatic carbocycles. The van der Waals surface area contributed by atoms with Crippen molar-refractivity contribution in [1.82, 2.24) is 15.0 Å². The highest BCUT2D eigenvalue weighted by molar-refractivity contribution is 6.30. The second-order valence-electron chi connectivity index (χ2n) is 8.65. The number of aryl methyl sites for hydroxylation is 1. The molecule has 0 unspecified atom stereocenters. The second kappa shape index (κ2) is 11.8. The number of pyridine rings is 1. The summed E-state index contributed by atoms with van der Waals surface area (Å²) in [5, 5.41) is 11.5. The van der Waals surface area contributed by atoms with Crippen LogP contribution in [0.5, 0.6) is 0 Å². The average Bonchev–Trinajstić information content (AvgIpc) is 2.92. The number of ether oxygens (including phenoxy) is 1. The SMILES string of the molecule is Cc1cc(Cl)cc(Nc2ccc(Nc3ccc(/C=N/Nc4ncc(F)c(N5CCOCC5)n4)nc3)cc2)c1. The lowest BCUT2D eigenvalue weighted by atomic mass is 10.2. The van der Waals surface area contributed by atoms with Gasteiger partial charge in [-0.05, 0) is 67.1 Å².